The molecule has 1 aromatic heterocycles. The minimum atomic E-state index is -5.17. The summed E-state index contributed by atoms with van der Waals surface area (Å²) in [7, 11) is 0. The number of hydrazine groups is 1. The molecule has 216 valence electrons. The molecule has 0 bridgehead atoms. The van der Waals surface area contributed by atoms with Gasteiger partial charge < -0.3 is 15.0 Å². The standard InChI is InChI=1S/C27H22F7N5OS/c1-15-37-25(26(29,30)31)14-38(15)21-9-7-17(16-4-3-5-19(10-16)41-2)11-22(21)39(36)23(13-35)18-6-8-20(28)24(12-18)40-27(32,33)34/h3-14H,35-36H2,1-2H3/b23-13-. The first kappa shape index (κ1) is 29.8. The number of rotatable bonds is 7. The average molecular weight is 598 g/mol. The minimum absolute atomic E-state index is 0.00923. The van der Waals surface area contributed by atoms with Gasteiger partial charge in [0.05, 0.1) is 17.1 Å². The molecule has 0 unspecified atom stereocenters. The molecular weight excluding hydrogens is 575 g/mol. The molecule has 4 aromatic rings. The van der Waals surface area contributed by atoms with Gasteiger partial charge in [-0.2, -0.15) is 13.2 Å². The second-order valence-corrected chi connectivity index (χ2v) is 9.47. The van der Waals surface area contributed by atoms with Crippen molar-refractivity contribution in [1.82, 2.24) is 9.55 Å². The Morgan fingerprint density at radius 1 is 1.00 bits per heavy atom. The van der Waals surface area contributed by atoms with Crippen molar-refractivity contribution < 1.29 is 35.5 Å². The van der Waals surface area contributed by atoms with E-state index >= 15 is 0 Å². The molecule has 3 aromatic carbocycles. The van der Waals surface area contributed by atoms with Crippen molar-refractivity contribution in [3.63, 3.8) is 0 Å². The van der Waals surface area contributed by atoms with E-state index in [1.54, 1.807) is 12.1 Å². The van der Waals surface area contributed by atoms with Gasteiger partial charge >= 0.3 is 12.5 Å². The quantitative estimate of drug-likeness (QED) is 0.101. The lowest BCUT2D eigenvalue weighted by molar-refractivity contribution is -0.275. The maximum Gasteiger partial charge on any atom is 0.573 e. The molecule has 0 aliphatic heterocycles. The van der Waals surface area contributed by atoms with Crippen LogP contribution < -0.4 is 21.3 Å². The number of hydrogen-bond acceptors (Lipinski definition) is 6. The number of ether oxygens (including phenoxy) is 1. The van der Waals surface area contributed by atoms with E-state index in [2.05, 4.69) is 9.72 Å². The van der Waals surface area contributed by atoms with Crippen LogP contribution in [0.25, 0.3) is 22.5 Å². The molecule has 0 atom stereocenters. The van der Waals surface area contributed by atoms with Crippen LogP contribution in [0.4, 0.5) is 36.4 Å². The SMILES string of the molecule is CSc1cccc(-c2ccc(-n3cc(C(F)(F)F)nc3C)c(N(N)/C(=C\N)c3ccc(F)c(OC(F)(F)F)c3)c2)c1. The van der Waals surface area contributed by atoms with Crippen LogP contribution in [0.2, 0.25) is 0 Å². The third-order valence-corrected chi connectivity index (χ3v) is 6.67. The van der Waals surface area contributed by atoms with Gasteiger partial charge in [-0.15, -0.1) is 24.9 Å². The second kappa shape index (κ2) is 11.4. The average Bonchev–Trinajstić information content (AvgIpc) is 3.31. The van der Waals surface area contributed by atoms with Crippen molar-refractivity contribution in [2.24, 2.45) is 11.6 Å². The fraction of sp³-hybridized carbons (Fsp3) is 0.148. The summed E-state index contributed by atoms with van der Waals surface area (Å²) in [6.45, 7) is 1.37. The Labute approximate surface area is 234 Å². The first-order chi connectivity index (χ1) is 19.2. The molecule has 0 aliphatic carbocycles. The van der Waals surface area contributed by atoms with E-state index < -0.39 is 29.8 Å². The number of alkyl halides is 6. The van der Waals surface area contributed by atoms with E-state index in [0.717, 1.165) is 46.1 Å². The minimum Gasteiger partial charge on any atom is -0.403 e. The van der Waals surface area contributed by atoms with E-state index in [4.69, 9.17) is 11.6 Å². The molecule has 41 heavy (non-hydrogen) atoms. The van der Waals surface area contributed by atoms with Gasteiger partial charge in [0.15, 0.2) is 17.3 Å². The van der Waals surface area contributed by atoms with Gasteiger partial charge in [-0.3, -0.25) is 5.01 Å². The number of aryl methyl sites for hydroxylation is 1. The molecule has 4 rings (SSSR count). The zero-order valence-corrected chi connectivity index (χ0v) is 22.2. The number of anilines is 1. The third-order valence-electron chi connectivity index (χ3n) is 5.94. The van der Waals surface area contributed by atoms with Gasteiger partial charge in [-0.05, 0) is 66.8 Å². The molecule has 0 saturated carbocycles. The lowest BCUT2D eigenvalue weighted by Crippen LogP contribution is -2.31. The van der Waals surface area contributed by atoms with Crippen LogP contribution in [-0.4, -0.2) is 22.2 Å². The number of halogens is 7. The molecule has 0 radical (unpaired) electrons. The highest BCUT2D eigenvalue weighted by molar-refractivity contribution is 7.98. The van der Waals surface area contributed by atoms with E-state index in [0.29, 0.717) is 5.56 Å². The summed E-state index contributed by atoms with van der Waals surface area (Å²) in [4.78, 5) is 4.56. The molecule has 0 saturated heterocycles. The van der Waals surface area contributed by atoms with Gasteiger partial charge in [-0.1, -0.05) is 18.2 Å². The Morgan fingerprint density at radius 3 is 2.32 bits per heavy atom. The topological polar surface area (TPSA) is 82.3 Å². The first-order valence-electron chi connectivity index (χ1n) is 11.7. The molecule has 0 spiro atoms. The summed E-state index contributed by atoms with van der Waals surface area (Å²) in [6, 6.07) is 14.9. The van der Waals surface area contributed by atoms with Gasteiger partial charge in [0, 0.05) is 22.9 Å². The van der Waals surface area contributed by atoms with Gasteiger partial charge in [0.2, 0.25) is 0 Å². The van der Waals surface area contributed by atoms with Gasteiger partial charge in [0.1, 0.15) is 5.82 Å². The largest absolute Gasteiger partial charge is 0.573 e. The number of nitrogens with two attached hydrogens (primary N) is 2. The lowest BCUT2D eigenvalue weighted by atomic mass is 10.0. The number of hydrogen-bond donors (Lipinski definition) is 2. The molecular formula is C27H22F7N5OS. The molecule has 14 heteroatoms. The predicted octanol–water partition coefficient (Wildman–Crippen LogP) is 7.26. The smallest absolute Gasteiger partial charge is 0.403 e. The summed E-state index contributed by atoms with van der Waals surface area (Å²) in [6.07, 6.45) is -6.22. The molecule has 1 heterocycles. The Morgan fingerprint density at radius 2 is 1.71 bits per heavy atom. The van der Waals surface area contributed by atoms with E-state index in [9.17, 15) is 30.7 Å². The number of imidazole rings is 1. The number of benzene rings is 3. The summed E-state index contributed by atoms with van der Waals surface area (Å²) in [5.41, 5.74) is 6.18. The maximum absolute atomic E-state index is 14.1. The predicted molar refractivity (Wildman–Crippen MR) is 142 cm³/mol. The molecule has 0 aliphatic rings. The number of nitrogens with zero attached hydrogens (tertiary/aromatic N) is 3. The maximum atomic E-state index is 14.1. The van der Waals surface area contributed by atoms with Crippen molar-refractivity contribution in [2.75, 3.05) is 11.3 Å². The Hall–Kier alpha value is -4.17. The molecule has 0 amide bonds. The summed E-state index contributed by atoms with van der Waals surface area (Å²) in [5.74, 6) is 4.04. The Balaban J connectivity index is 1.89. The summed E-state index contributed by atoms with van der Waals surface area (Å²) in [5, 5.41) is 0.981. The normalized spacial score (nSPS) is 12.5. The number of aromatic nitrogens is 2. The summed E-state index contributed by atoms with van der Waals surface area (Å²) >= 11 is 1.50. The van der Waals surface area contributed by atoms with Crippen molar-refractivity contribution >= 4 is 23.1 Å². The van der Waals surface area contributed by atoms with Crippen LogP contribution >= 0.6 is 11.8 Å². The van der Waals surface area contributed by atoms with Gasteiger partial charge in [-0.25, -0.2) is 15.2 Å². The second-order valence-electron chi connectivity index (χ2n) is 8.59. The van der Waals surface area contributed by atoms with Crippen molar-refractivity contribution in [1.29, 1.82) is 0 Å². The van der Waals surface area contributed by atoms with Crippen LogP contribution in [0.3, 0.4) is 0 Å². The molecule has 0 fully saturated rings. The van der Waals surface area contributed by atoms with E-state index in [1.165, 1.54) is 29.3 Å². The first-order valence-corrected chi connectivity index (χ1v) is 12.9. The Kier molecular flexibility index (Phi) is 8.27. The Bertz CT molecular complexity index is 1600. The van der Waals surface area contributed by atoms with Crippen molar-refractivity contribution in [2.45, 2.75) is 24.4 Å². The van der Waals surface area contributed by atoms with E-state index in [1.807, 2.05) is 30.5 Å². The highest BCUT2D eigenvalue weighted by Crippen LogP contribution is 2.37. The van der Waals surface area contributed by atoms with Crippen molar-refractivity contribution in [3.8, 4) is 22.6 Å². The fourth-order valence-electron chi connectivity index (χ4n) is 4.07. The lowest BCUT2D eigenvalue weighted by Gasteiger charge is -2.26. The fourth-order valence-corrected chi connectivity index (χ4v) is 4.53. The van der Waals surface area contributed by atoms with Crippen LogP contribution in [0, 0.1) is 12.7 Å². The van der Waals surface area contributed by atoms with Crippen LogP contribution in [0.5, 0.6) is 5.75 Å². The molecule has 6 nitrogen and oxygen atoms in total. The van der Waals surface area contributed by atoms with Crippen LogP contribution in [0.15, 0.2) is 78.0 Å². The van der Waals surface area contributed by atoms with Crippen LogP contribution in [-0.2, 0) is 6.18 Å². The van der Waals surface area contributed by atoms with Crippen molar-refractivity contribution in [3.05, 3.63) is 96.0 Å². The molecule has 4 N–H and O–H groups in total. The third kappa shape index (κ3) is 6.60. The van der Waals surface area contributed by atoms with Crippen LogP contribution in [0.1, 0.15) is 17.1 Å². The zero-order valence-electron chi connectivity index (χ0n) is 21.4. The number of thioether (sulfide) groups is 1. The van der Waals surface area contributed by atoms with E-state index in [-0.39, 0.29) is 28.5 Å². The highest BCUT2D eigenvalue weighted by Gasteiger charge is 2.35. The highest BCUT2D eigenvalue weighted by atomic mass is 32.2. The van der Waals surface area contributed by atoms with Gasteiger partial charge in [0.25, 0.3) is 0 Å². The monoisotopic (exact) mass is 597 g/mol. The zero-order chi connectivity index (χ0) is 30.1. The summed E-state index contributed by atoms with van der Waals surface area (Å²) < 4.78 is 97.9.